The summed E-state index contributed by atoms with van der Waals surface area (Å²) < 4.78 is 5.89. The summed E-state index contributed by atoms with van der Waals surface area (Å²) in [6, 6.07) is 11.0. The molecule has 8 heteroatoms. The minimum Gasteiger partial charge on any atom is -0.381 e. The molecule has 4 heterocycles. The number of methoxy groups -OCH3 is 1. The zero-order chi connectivity index (χ0) is 29.1. The molecule has 6 rings (SSSR count). The van der Waals surface area contributed by atoms with Crippen LogP contribution in [0, 0.1) is 19.3 Å². The van der Waals surface area contributed by atoms with Crippen molar-refractivity contribution in [1.82, 2.24) is 20.2 Å². The predicted octanol–water partition coefficient (Wildman–Crippen LogP) is 7.23. The first-order chi connectivity index (χ1) is 19.6. The van der Waals surface area contributed by atoms with E-state index in [-0.39, 0.29) is 11.5 Å². The average molecular weight is 573 g/mol. The second-order valence-electron chi connectivity index (χ2n) is 12.8. The third-order valence-electron chi connectivity index (χ3n) is 9.10. The fraction of sp³-hybridized carbons (Fsp3) is 0.485. The molecular weight excluding hydrogens is 532 g/mol. The van der Waals surface area contributed by atoms with Gasteiger partial charge in [0.2, 0.25) is 0 Å². The number of hydrogen-bond donors (Lipinski definition) is 1. The minimum atomic E-state index is -0.00860. The van der Waals surface area contributed by atoms with Crippen molar-refractivity contribution < 1.29 is 4.74 Å². The average Bonchev–Trinajstić information content (AvgIpc) is 3.32. The van der Waals surface area contributed by atoms with Crippen LogP contribution in [0.2, 0.25) is 5.15 Å². The second kappa shape index (κ2) is 10.6. The molecule has 0 bridgehead atoms. The van der Waals surface area contributed by atoms with Gasteiger partial charge in [-0.05, 0) is 55.0 Å². The number of fused-ring (bicyclic) bond motifs is 2. The molecule has 2 aromatic heterocycles. The summed E-state index contributed by atoms with van der Waals surface area (Å²) in [7, 11) is 1.83. The van der Waals surface area contributed by atoms with E-state index in [1.807, 2.05) is 13.2 Å². The molecule has 0 radical (unpaired) electrons. The fourth-order valence-corrected chi connectivity index (χ4v) is 6.95. The number of nitrogens with one attached hydrogen (secondary N) is 1. The number of hydrogen-bond acceptors (Lipinski definition) is 6. The van der Waals surface area contributed by atoms with Crippen LogP contribution in [0.3, 0.4) is 0 Å². The zero-order valence-corrected chi connectivity index (χ0v) is 26.1. The highest BCUT2D eigenvalue weighted by Gasteiger charge is 2.38. The fourth-order valence-electron chi connectivity index (χ4n) is 6.72. The number of nitrogens with zero attached hydrogens (tertiary/aromatic N) is 5. The van der Waals surface area contributed by atoms with Crippen molar-refractivity contribution in [2.24, 2.45) is 5.41 Å². The molecule has 2 aromatic carbocycles. The van der Waals surface area contributed by atoms with Gasteiger partial charge in [0.25, 0.3) is 0 Å². The molecule has 2 aliphatic rings. The molecule has 1 atom stereocenters. The van der Waals surface area contributed by atoms with Crippen LogP contribution in [0.5, 0.6) is 0 Å². The first-order valence-corrected chi connectivity index (χ1v) is 15.1. The molecule has 1 N–H and O–H groups in total. The number of benzene rings is 2. The maximum atomic E-state index is 6.63. The number of H-pyrrole nitrogens is 1. The first-order valence-electron chi connectivity index (χ1n) is 14.7. The Morgan fingerprint density at radius 1 is 1.05 bits per heavy atom. The molecule has 7 nitrogen and oxygen atoms in total. The van der Waals surface area contributed by atoms with Crippen molar-refractivity contribution >= 4 is 34.0 Å². The van der Waals surface area contributed by atoms with Gasteiger partial charge in [-0.3, -0.25) is 5.10 Å². The van der Waals surface area contributed by atoms with E-state index in [4.69, 9.17) is 26.3 Å². The van der Waals surface area contributed by atoms with Gasteiger partial charge in [0.1, 0.15) is 11.0 Å². The molecule has 0 amide bonds. The van der Waals surface area contributed by atoms with E-state index in [2.05, 4.69) is 85.8 Å². The van der Waals surface area contributed by atoms with Crippen LogP contribution in [0.15, 0.2) is 30.3 Å². The predicted molar refractivity (Wildman–Crippen MR) is 168 cm³/mol. The van der Waals surface area contributed by atoms with Crippen LogP contribution in [0.4, 0.5) is 11.5 Å². The van der Waals surface area contributed by atoms with E-state index in [1.54, 1.807) is 0 Å². The highest BCUT2D eigenvalue weighted by atomic mass is 35.5. The number of ether oxygens (including phenoxy) is 1. The Morgan fingerprint density at radius 3 is 2.56 bits per heavy atom. The molecule has 0 aliphatic carbocycles. The Morgan fingerprint density at radius 2 is 1.83 bits per heavy atom. The van der Waals surface area contributed by atoms with Crippen molar-refractivity contribution in [3.63, 3.8) is 0 Å². The van der Waals surface area contributed by atoms with Gasteiger partial charge in [-0.15, -0.1) is 0 Å². The van der Waals surface area contributed by atoms with Gasteiger partial charge in [-0.25, -0.2) is 9.97 Å². The van der Waals surface area contributed by atoms with Gasteiger partial charge >= 0.3 is 0 Å². The van der Waals surface area contributed by atoms with Crippen LogP contribution in [-0.4, -0.2) is 53.0 Å². The van der Waals surface area contributed by atoms with Crippen LogP contribution in [-0.2, 0) is 17.7 Å². The molecule has 1 fully saturated rings. The normalized spacial score (nSPS) is 18.8. The molecule has 216 valence electrons. The molecule has 41 heavy (non-hydrogen) atoms. The molecule has 0 spiro atoms. The van der Waals surface area contributed by atoms with Crippen LogP contribution >= 0.6 is 11.6 Å². The maximum absolute atomic E-state index is 6.63. The third kappa shape index (κ3) is 4.97. The van der Waals surface area contributed by atoms with E-state index in [0.717, 1.165) is 78.4 Å². The number of halogens is 1. The number of rotatable bonds is 5. The monoisotopic (exact) mass is 572 g/mol. The van der Waals surface area contributed by atoms with Crippen LogP contribution in [0.25, 0.3) is 22.3 Å². The van der Waals surface area contributed by atoms with Crippen LogP contribution in [0.1, 0.15) is 68.0 Å². The molecule has 4 aromatic rings. The van der Waals surface area contributed by atoms with E-state index < -0.39 is 0 Å². The van der Waals surface area contributed by atoms with Crippen molar-refractivity contribution in [3.05, 3.63) is 63.4 Å². The van der Waals surface area contributed by atoms with Gasteiger partial charge in [-0.2, -0.15) is 5.10 Å². The van der Waals surface area contributed by atoms with Gasteiger partial charge in [-0.1, -0.05) is 57.5 Å². The van der Waals surface area contributed by atoms with Crippen molar-refractivity contribution in [1.29, 1.82) is 0 Å². The summed E-state index contributed by atoms with van der Waals surface area (Å²) in [5, 5.41) is 8.76. The zero-order valence-electron chi connectivity index (χ0n) is 25.3. The summed E-state index contributed by atoms with van der Waals surface area (Å²) >= 11 is 6.63. The largest absolute Gasteiger partial charge is 0.381 e. The summed E-state index contributed by atoms with van der Waals surface area (Å²) in [6.07, 6.45) is 2.03. The Kier molecular flexibility index (Phi) is 7.23. The van der Waals surface area contributed by atoms with Crippen molar-refractivity contribution in [2.75, 3.05) is 36.5 Å². The molecular formula is C33H41ClN6O. The van der Waals surface area contributed by atoms with Crippen LogP contribution < -0.4 is 9.80 Å². The Labute approximate surface area is 248 Å². The van der Waals surface area contributed by atoms with Gasteiger partial charge in [0.15, 0.2) is 5.82 Å². The lowest BCUT2D eigenvalue weighted by Crippen LogP contribution is -2.50. The number of aromatic amines is 1. The highest BCUT2D eigenvalue weighted by Crippen LogP contribution is 2.40. The topological polar surface area (TPSA) is 70.2 Å². The summed E-state index contributed by atoms with van der Waals surface area (Å²) in [6.45, 7) is 16.9. The van der Waals surface area contributed by atoms with Gasteiger partial charge < -0.3 is 14.5 Å². The first kappa shape index (κ1) is 28.0. The third-order valence-corrected chi connectivity index (χ3v) is 9.38. The maximum Gasteiger partial charge on any atom is 0.162 e. The molecule has 2 aliphatic heterocycles. The van der Waals surface area contributed by atoms with E-state index >= 15 is 0 Å². The second-order valence-corrected chi connectivity index (χ2v) is 13.2. The van der Waals surface area contributed by atoms with E-state index in [9.17, 15) is 0 Å². The Balaban J connectivity index is 1.49. The Hall–Kier alpha value is -3.16. The van der Waals surface area contributed by atoms with Crippen molar-refractivity contribution in [2.45, 2.75) is 73.0 Å². The SMILES string of the molecule is CO[C@H]1CCN(c2nc(-c3c(C)ccc4n[nH]c(Cl)c34)nc3c2CN(c2cc(C(C)C)ccc2C)CC3)CC1(C)C. The highest BCUT2D eigenvalue weighted by molar-refractivity contribution is 6.35. The van der Waals surface area contributed by atoms with E-state index in [0.29, 0.717) is 11.1 Å². The lowest BCUT2D eigenvalue weighted by molar-refractivity contribution is -0.00647. The molecule has 0 unspecified atom stereocenters. The number of piperidine rings is 1. The number of aryl methyl sites for hydroxylation is 2. The smallest absolute Gasteiger partial charge is 0.162 e. The number of anilines is 2. The number of aromatic nitrogens is 4. The standard InChI is InChI=1S/C33H41ClN6O/c1-19(2)22-10-8-20(3)26(16-22)39-14-12-24-23(17-39)32(40-15-13-27(41-7)33(5,6)18-40)36-31(35-24)28-21(4)9-11-25-29(28)30(34)38-37-25/h8-11,16,19,27H,12-15,17-18H2,1-7H3,(H,37,38)/t27-/m0/s1. The lowest BCUT2D eigenvalue weighted by Gasteiger charge is -2.45. The summed E-state index contributed by atoms with van der Waals surface area (Å²) in [4.78, 5) is 15.6. The molecule has 1 saturated heterocycles. The Bertz CT molecular complexity index is 1610. The van der Waals surface area contributed by atoms with Gasteiger partial charge in [0, 0.05) is 61.9 Å². The molecule has 0 saturated carbocycles. The quantitative estimate of drug-likeness (QED) is 0.272. The minimum absolute atomic E-state index is 0.00860. The summed E-state index contributed by atoms with van der Waals surface area (Å²) in [5.41, 5.74) is 9.19. The summed E-state index contributed by atoms with van der Waals surface area (Å²) in [5.74, 6) is 2.24. The van der Waals surface area contributed by atoms with Crippen molar-refractivity contribution in [3.8, 4) is 11.4 Å². The van der Waals surface area contributed by atoms with E-state index in [1.165, 1.54) is 22.4 Å². The lowest BCUT2D eigenvalue weighted by atomic mass is 9.81. The van der Waals surface area contributed by atoms with Gasteiger partial charge in [0.05, 0.1) is 22.7 Å².